The van der Waals surface area contributed by atoms with Gasteiger partial charge in [0, 0.05) is 26.6 Å². The molecule has 54 valence electrons. The highest BCUT2D eigenvalue weighted by molar-refractivity contribution is 7.31. The molecule has 0 N–H and O–H groups in total. The van der Waals surface area contributed by atoms with E-state index in [0.29, 0.717) is 0 Å². The van der Waals surface area contributed by atoms with Gasteiger partial charge in [0.15, 0.2) is 0 Å². The first-order valence-electron chi connectivity index (χ1n) is 4.11. The Hall–Kier alpha value is 0.651. The lowest BCUT2D eigenvalue weighted by atomic mass is 10.0. The Morgan fingerprint density at radius 3 is 2.40 bits per heavy atom. The first kappa shape index (κ1) is 8.74. The third kappa shape index (κ3) is 2.36. The Morgan fingerprint density at radius 2 is 1.90 bits per heavy atom. The van der Waals surface area contributed by atoms with Crippen LogP contribution in [0.2, 0.25) is 12.1 Å². The minimum atomic E-state index is 0.0118. The molecule has 10 heavy (non-hydrogen) atoms. The third-order valence-corrected chi connectivity index (χ3v) is 10.6. The molecule has 1 fully saturated rings. The molecule has 0 aromatic carbocycles. The Bertz CT molecular complexity index is 88.9. The molecule has 1 saturated carbocycles. The van der Waals surface area contributed by atoms with E-state index < -0.39 is 0 Å². The highest BCUT2D eigenvalue weighted by Crippen LogP contribution is 2.30. The fourth-order valence-corrected chi connectivity index (χ4v) is 6.43. The minimum Gasteiger partial charge on any atom is -0.0735 e. The van der Waals surface area contributed by atoms with E-state index >= 15 is 0 Å². The summed E-state index contributed by atoms with van der Waals surface area (Å²) in [7, 11) is 4.75. The summed E-state index contributed by atoms with van der Waals surface area (Å²) in [5.74, 6) is 0. The van der Waals surface area contributed by atoms with Crippen molar-refractivity contribution in [1.29, 1.82) is 0 Å². The maximum absolute atomic E-state index is 3.67. The number of hydrogen-bond donors (Lipinski definition) is 0. The zero-order valence-corrected chi connectivity index (χ0v) is 9.61. The molecule has 0 bridgehead atoms. The molecule has 1 aliphatic rings. The second-order valence-electron chi connectivity index (χ2n) is 3.14. The Balaban J connectivity index is 2.24. The number of rotatable bonds is 2. The average Bonchev–Trinajstić information content (AvgIpc) is 2.05. The van der Waals surface area contributed by atoms with Gasteiger partial charge in [-0.2, -0.15) is 0 Å². The van der Waals surface area contributed by atoms with E-state index in [1.807, 2.05) is 0 Å². The summed E-state index contributed by atoms with van der Waals surface area (Å²) in [6.45, 7) is 2.48. The predicted octanol–water partition coefficient (Wildman–Crippen LogP) is 1.73. The van der Waals surface area contributed by atoms with Gasteiger partial charge >= 0.3 is 0 Å². The molecule has 1 aliphatic carbocycles. The van der Waals surface area contributed by atoms with Gasteiger partial charge in [0.05, 0.1) is 0 Å². The van der Waals surface area contributed by atoms with Crippen LogP contribution in [0.1, 0.15) is 32.1 Å². The van der Waals surface area contributed by atoms with Crippen LogP contribution < -0.4 is 0 Å². The SMILES string of the molecule is C[Si]([Si][Si])C1CCCCC1. The normalized spacial score (nSPS) is 21.9. The van der Waals surface area contributed by atoms with Gasteiger partial charge in [-0.25, -0.2) is 0 Å². The van der Waals surface area contributed by atoms with Gasteiger partial charge in [0.2, 0.25) is 0 Å². The van der Waals surface area contributed by atoms with E-state index in [-0.39, 0.29) is 8.31 Å². The smallest absolute Gasteiger partial charge is 0.0304 e. The van der Waals surface area contributed by atoms with Crippen molar-refractivity contribution < 1.29 is 0 Å². The standard InChI is InChI=1S/C7H14Si3/c1-10(9-8)7-5-3-2-4-6-7/h7H,2-6H2,1H3. The van der Waals surface area contributed by atoms with Crippen molar-refractivity contribution in [2.75, 3.05) is 0 Å². The van der Waals surface area contributed by atoms with E-state index in [4.69, 9.17) is 0 Å². The van der Waals surface area contributed by atoms with E-state index in [9.17, 15) is 0 Å². The van der Waals surface area contributed by atoms with Crippen LogP contribution in [0.3, 0.4) is 0 Å². The van der Waals surface area contributed by atoms with Crippen LogP contribution in [0.4, 0.5) is 0 Å². The van der Waals surface area contributed by atoms with E-state index in [1.54, 1.807) is 0 Å². The molecular weight excluding hydrogens is 168 g/mol. The number of hydrogen-bond acceptors (Lipinski definition) is 0. The van der Waals surface area contributed by atoms with Crippen LogP contribution in [-0.2, 0) is 0 Å². The fourth-order valence-electron chi connectivity index (χ4n) is 1.64. The minimum absolute atomic E-state index is 0.0118. The van der Waals surface area contributed by atoms with Crippen LogP contribution in [0.15, 0.2) is 0 Å². The molecule has 6 radical (unpaired) electrons. The van der Waals surface area contributed by atoms with E-state index in [1.165, 1.54) is 32.1 Å². The van der Waals surface area contributed by atoms with Gasteiger partial charge in [-0.05, 0) is 0 Å². The summed E-state index contributed by atoms with van der Waals surface area (Å²) in [6.07, 6.45) is 7.56. The van der Waals surface area contributed by atoms with Gasteiger partial charge in [-0.1, -0.05) is 44.2 Å². The Morgan fingerprint density at radius 1 is 1.30 bits per heavy atom. The largest absolute Gasteiger partial charge is 0.0735 e. The molecule has 0 unspecified atom stereocenters. The molecule has 3 heteroatoms. The molecule has 0 amide bonds. The molecule has 0 aromatic rings. The van der Waals surface area contributed by atoms with Crippen LogP contribution in [0.5, 0.6) is 0 Å². The topological polar surface area (TPSA) is 0 Å². The summed E-state index contributed by atoms with van der Waals surface area (Å²) in [6, 6.07) is 0. The summed E-state index contributed by atoms with van der Waals surface area (Å²) < 4.78 is 0. The van der Waals surface area contributed by atoms with Gasteiger partial charge in [0.25, 0.3) is 0 Å². The first-order chi connectivity index (χ1) is 4.84. The first-order valence-corrected chi connectivity index (χ1v) is 9.68. The van der Waals surface area contributed by atoms with Gasteiger partial charge in [-0.3, -0.25) is 0 Å². The highest BCUT2D eigenvalue weighted by atomic mass is 29.5. The second-order valence-corrected chi connectivity index (χ2v) is 10.9. The van der Waals surface area contributed by atoms with Crippen LogP contribution in [0, 0.1) is 0 Å². The molecule has 0 spiro atoms. The Labute approximate surface area is 71.2 Å². The fraction of sp³-hybridized carbons (Fsp3) is 1.00. The Kier molecular flexibility index (Phi) is 3.95. The molecule has 0 aromatic heterocycles. The van der Waals surface area contributed by atoms with Gasteiger partial charge in [-0.15, -0.1) is 0 Å². The maximum Gasteiger partial charge on any atom is 0.0304 e. The monoisotopic (exact) mass is 182 g/mol. The molecule has 1 rings (SSSR count). The molecule has 0 heterocycles. The van der Waals surface area contributed by atoms with Crippen molar-refractivity contribution >= 4 is 26.6 Å². The van der Waals surface area contributed by atoms with Crippen molar-refractivity contribution in [2.45, 2.75) is 44.2 Å². The van der Waals surface area contributed by atoms with E-state index in [2.05, 4.69) is 16.3 Å². The zero-order chi connectivity index (χ0) is 7.40. The summed E-state index contributed by atoms with van der Waals surface area (Å²) in [4.78, 5) is 0. The lowest BCUT2D eigenvalue weighted by Gasteiger charge is -2.25. The van der Waals surface area contributed by atoms with Gasteiger partial charge in [0.1, 0.15) is 0 Å². The predicted molar refractivity (Wildman–Crippen MR) is 50.0 cm³/mol. The van der Waals surface area contributed by atoms with Crippen molar-refractivity contribution in [3.8, 4) is 0 Å². The highest BCUT2D eigenvalue weighted by Gasteiger charge is 2.19. The molecular formula is C7H14Si3. The summed E-state index contributed by atoms with van der Waals surface area (Å²) in [5.41, 5.74) is 1.13. The molecule has 0 aliphatic heterocycles. The van der Waals surface area contributed by atoms with Crippen LogP contribution >= 0.6 is 0 Å². The third-order valence-electron chi connectivity index (χ3n) is 2.41. The van der Waals surface area contributed by atoms with Crippen molar-refractivity contribution in [3.63, 3.8) is 0 Å². The maximum atomic E-state index is 3.67. The lowest BCUT2D eigenvalue weighted by molar-refractivity contribution is 0.499. The van der Waals surface area contributed by atoms with Crippen LogP contribution in [-0.4, -0.2) is 26.6 Å². The lowest BCUT2D eigenvalue weighted by Crippen LogP contribution is -2.26. The average molecular weight is 182 g/mol. The quantitative estimate of drug-likeness (QED) is 0.571. The van der Waals surface area contributed by atoms with Crippen molar-refractivity contribution in [2.24, 2.45) is 0 Å². The second kappa shape index (κ2) is 4.51. The summed E-state index contributed by atoms with van der Waals surface area (Å²) >= 11 is 0. The molecule has 0 atom stereocenters. The van der Waals surface area contributed by atoms with Crippen LogP contribution in [0.25, 0.3) is 0 Å². The van der Waals surface area contributed by atoms with Gasteiger partial charge < -0.3 is 0 Å². The van der Waals surface area contributed by atoms with E-state index in [0.717, 1.165) is 14.1 Å². The molecule has 0 nitrogen and oxygen atoms in total. The zero-order valence-electron chi connectivity index (χ0n) is 6.61. The molecule has 0 saturated heterocycles. The van der Waals surface area contributed by atoms with Crippen molar-refractivity contribution in [3.05, 3.63) is 0 Å². The van der Waals surface area contributed by atoms with Crippen molar-refractivity contribution in [1.82, 2.24) is 0 Å². The summed E-state index contributed by atoms with van der Waals surface area (Å²) in [5, 5.41) is 0.